The molecule has 2 aliphatic rings. The van der Waals surface area contributed by atoms with E-state index in [-0.39, 0.29) is 5.60 Å². The van der Waals surface area contributed by atoms with E-state index in [0.29, 0.717) is 0 Å². The molecular weight excluding hydrogens is 228 g/mol. The number of hydrogen-bond acceptors (Lipinski definition) is 1. The van der Waals surface area contributed by atoms with Crippen molar-refractivity contribution in [2.24, 2.45) is 0 Å². The summed E-state index contributed by atoms with van der Waals surface area (Å²) in [5.41, 5.74) is 1.78. The largest absolute Gasteiger partial charge is 0.374 e. The standard InChI is InChI=1S/C11H17BrO/c12-9-11(6-3-7-13-11)8-10-4-1-2-5-10/h4H,1-3,5-9H2. The summed E-state index contributed by atoms with van der Waals surface area (Å²) in [6.07, 6.45) is 9.98. The average Bonchev–Trinajstić information content (AvgIpc) is 2.77. The maximum Gasteiger partial charge on any atom is 0.0816 e. The first-order chi connectivity index (χ1) is 6.35. The Bertz CT molecular complexity index is 204. The van der Waals surface area contributed by atoms with Crippen molar-refractivity contribution in [2.75, 3.05) is 11.9 Å². The molecule has 2 rings (SSSR count). The van der Waals surface area contributed by atoms with Gasteiger partial charge in [0.2, 0.25) is 0 Å². The molecule has 0 radical (unpaired) electrons. The van der Waals surface area contributed by atoms with Crippen LogP contribution in [-0.4, -0.2) is 17.5 Å². The zero-order valence-corrected chi connectivity index (χ0v) is 9.61. The van der Waals surface area contributed by atoms with Crippen molar-refractivity contribution >= 4 is 15.9 Å². The molecule has 0 aromatic heterocycles. The second-order valence-corrected chi connectivity index (χ2v) is 4.76. The summed E-state index contributed by atoms with van der Waals surface area (Å²) in [5.74, 6) is 0. The molecule has 1 heterocycles. The van der Waals surface area contributed by atoms with E-state index in [1.165, 1.54) is 32.1 Å². The van der Waals surface area contributed by atoms with E-state index in [9.17, 15) is 0 Å². The van der Waals surface area contributed by atoms with E-state index in [2.05, 4.69) is 22.0 Å². The molecule has 2 heteroatoms. The lowest BCUT2D eigenvalue weighted by molar-refractivity contribution is 0.0256. The minimum absolute atomic E-state index is 0.149. The van der Waals surface area contributed by atoms with Gasteiger partial charge in [-0.15, -0.1) is 0 Å². The lowest BCUT2D eigenvalue weighted by atomic mass is 9.93. The lowest BCUT2D eigenvalue weighted by Gasteiger charge is -2.26. The lowest BCUT2D eigenvalue weighted by Crippen LogP contribution is -2.30. The Morgan fingerprint density at radius 1 is 1.46 bits per heavy atom. The average molecular weight is 245 g/mol. The van der Waals surface area contributed by atoms with Gasteiger partial charge < -0.3 is 4.74 Å². The van der Waals surface area contributed by atoms with Crippen LogP contribution in [0, 0.1) is 0 Å². The van der Waals surface area contributed by atoms with Gasteiger partial charge in [0.05, 0.1) is 5.60 Å². The topological polar surface area (TPSA) is 9.23 Å². The van der Waals surface area contributed by atoms with Gasteiger partial charge in [0.15, 0.2) is 0 Å². The summed E-state index contributed by atoms with van der Waals surface area (Å²) in [5, 5.41) is 0.997. The van der Waals surface area contributed by atoms with Crippen LogP contribution in [0.15, 0.2) is 11.6 Å². The third-order valence-electron chi connectivity index (χ3n) is 3.11. The molecule has 0 aromatic carbocycles. The zero-order chi connectivity index (χ0) is 9.15. The molecule has 0 saturated carbocycles. The summed E-state index contributed by atoms with van der Waals surface area (Å²) in [4.78, 5) is 0. The number of rotatable bonds is 3. The van der Waals surface area contributed by atoms with Crippen LogP contribution in [0.3, 0.4) is 0 Å². The van der Waals surface area contributed by atoms with E-state index in [4.69, 9.17) is 4.74 Å². The maximum absolute atomic E-state index is 5.86. The van der Waals surface area contributed by atoms with Crippen LogP contribution in [0.5, 0.6) is 0 Å². The molecule has 13 heavy (non-hydrogen) atoms. The van der Waals surface area contributed by atoms with Gasteiger partial charge in [0.1, 0.15) is 0 Å². The molecule has 1 fully saturated rings. The normalized spacial score (nSPS) is 33.8. The van der Waals surface area contributed by atoms with E-state index in [1.54, 1.807) is 5.57 Å². The van der Waals surface area contributed by atoms with Crippen molar-refractivity contribution in [2.45, 2.75) is 44.1 Å². The molecule has 1 saturated heterocycles. The molecule has 1 atom stereocenters. The second-order valence-electron chi connectivity index (χ2n) is 4.20. The number of halogens is 1. The minimum Gasteiger partial charge on any atom is -0.374 e. The third-order valence-corrected chi connectivity index (χ3v) is 4.13. The maximum atomic E-state index is 5.86. The molecule has 0 amide bonds. The molecule has 0 bridgehead atoms. The van der Waals surface area contributed by atoms with Crippen LogP contribution >= 0.6 is 15.9 Å². The molecular formula is C11H17BrO. The fraction of sp³-hybridized carbons (Fsp3) is 0.818. The summed E-state index contributed by atoms with van der Waals surface area (Å²) in [7, 11) is 0. The fourth-order valence-corrected chi connectivity index (χ4v) is 3.00. The first-order valence-electron chi connectivity index (χ1n) is 5.22. The van der Waals surface area contributed by atoms with E-state index in [1.807, 2.05) is 0 Å². The fourth-order valence-electron chi connectivity index (χ4n) is 2.36. The van der Waals surface area contributed by atoms with Crippen LogP contribution in [0.1, 0.15) is 38.5 Å². The number of ether oxygens (including phenoxy) is 1. The van der Waals surface area contributed by atoms with Crippen molar-refractivity contribution in [1.29, 1.82) is 0 Å². The van der Waals surface area contributed by atoms with Crippen LogP contribution in [-0.2, 0) is 4.74 Å². The molecule has 0 N–H and O–H groups in total. The van der Waals surface area contributed by atoms with Crippen molar-refractivity contribution in [3.63, 3.8) is 0 Å². The molecule has 1 nitrogen and oxygen atoms in total. The predicted molar refractivity (Wildman–Crippen MR) is 58.3 cm³/mol. The quantitative estimate of drug-likeness (QED) is 0.546. The van der Waals surface area contributed by atoms with Crippen LogP contribution in [0.4, 0.5) is 0 Å². The van der Waals surface area contributed by atoms with Gasteiger partial charge in [-0.1, -0.05) is 27.6 Å². The smallest absolute Gasteiger partial charge is 0.0816 e. The number of alkyl halides is 1. The molecule has 1 aliphatic carbocycles. The van der Waals surface area contributed by atoms with Gasteiger partial charge in [-0.3, -0.25) is 0 Å². The first kappa shape index (κ1) is 9.72. The summed E-state index contributed by atoms with van der Waals surface area (Å²) in [6, 6.07) is 0. The Kier molecular flexibility index (Phi) is 3.10. The number of allylic oxidation sites excluding steroid dienone is 1. The molecule has 0 spiro atoms. The van der Waals surface area contributed by atoms with E-state index < -0.39 is 0 Å². The van der Waals surface area contributed by atoms with Crippen LogP contribution in [0.25, 0.3) is 0 Å². The highest BCUT2D eigenvalue weighted by Gasteiger charge is 2.34. The van der Waals surface area contributed by atoms with Gasteiger partial charge in [-0.05, 0) is 38.5 Å². The van der Waals surface area contributed by atoms with Crippen molar-refractivity contribution in [3.05, 3.63) is 11.6 Å². The molecule has 74 valence electrons. The monoisotopic (exact) mass is 244 g/mol. The van der Waals surface area contributed by atoms with Crippen LogP contribution < -0.4 is 0 Å². The van der Waals surface area contributed by atoms with E-state index >= 15 is 0 Å². The predicted octanol–water partition coefficient (Wildman–Crippen LogP) is 3.43. The highest BCUT2D eigenvalue weighted by molar-refractivity contribution is 9.09. The van der Waals surface area contributed by atoms with Gasteiger partial charge in [-0.25, -0.2) is 0 Å². The minimum atomic E-state index is 0.149. The van der Waals surface area contributed by atoms with Crippen LogP contribution in [0.2, 0.25) is 0 Å². The Hall–Kier alpha value is 0.180. The van der Waals surface area contributed by atoms with Gasteiger partial charge in [0.25, 0.3) is 0 Å². The van der Waals surface area contributed by atoms with E-state index in [0.717, 1.165) is 18.4 Å². The molecule has 1 aliphatic heterocycles. The SMILES string of the molecule is BrCC1(CC2=CCCC2)CCCO1. The van der Waals surface area contributed by atoms with Gasteiger partial charge in [0, 0.05) is 11.9 Å². The van der Waals surface area contributed by atoms with Crippen molar-refractivity contribution in [3.8, 4) is 0 Å². The number of hydrogen-bond donors (Lipinski definition) is 0. The summed E-state index contributed by atoms with van der Waals surface area (Å²) < 4.78 is 5.86. The summed E-state index contributed by atoms with van der Waals surface area (Å²) >= 11 is 3.59. The Morgan fingerprint density at radius 2 is 2.38 bits per heavy atom. The van der Waals surface area contributed by atoms with Crippen molar-refractivity contribution in [1.82, 2.24) is 0 Å². The molecule has 1 unspecified atom stereocenters. The summed E-state index contributed by atoms with van der Waals surface area (Å²) in [6.45, 7) is 0.957. The zero-order valence-electron chi connectivity index (χ0n) is 8.02. The highest BCUT2D eigenvalue weighted by atomic mass is 79.9. The second kappa shape index (κ2) is 4.14. The molecule has 0 aromatic rings. The Balaban J connectivity index is 1.96. The highest BCUT2D eigenvalue weighted by Crippen LogP contribution is 2.36. The Labute approximate surface area is 88.7 Å². The van der Waals surface area contributed by atoms with Gasteiger partial charge in [-0.2, -0.15) is 0 Å². The third kappa shape index (κ3) is 2.16. The Morgan fingerprint density at radius 3 is 2.92 bits per heavy atom. The van der Waals surface area contributed by atoms with Gasteiger partial charge >= 0.3 is 0 Å². The van der Waals surface area contributed by atoms with Crippen molar-refractivity contribution < 1.29 is 4.74 Å². The first-order valence-corrected chi connectivity index (χ1v) is 6.35.